The van der Waals surface area contributed by atoms with Gasteiger partial charge in [0.1, 0.15) is 5.25 Å². The van der Waals surface area contributed by atoms with Crippen molar-refractivity contribution in [1.82, 2.24) is 14.9 Å². The summed E-state index contributed by atoms with van der Waals surface area (Å²) in [5, 5.41) is -1.55. The molecule has 1 aliphatic rings. The summed E-state index contributed by atoms with van der Waals surface area (Å²) in [5.41, 5.74) is 1.90. The van der Waals surface area contributed by atoms with Gasteiger partial charge in [-0.15, -0.1) is 0 Å². The highest BCUT2D eigenvalue weighted by Crippen LogP contribution is 2.19. The molecule has 1 unspecified atom stereocenters. The minimum atomic E-state index is -3.44. The Morgan fingerprint density at radius 2 is 1.85 bits per heavy atom. The molecule has 1 amide bonds. The van der Waals surface area contributed by atoms with Crippen LogP contribution in [0.25, 0.3) is 11.0 Å². The Labute approximate surface area is 154 Å². The fraction of sp³-hybridized carbons (Fsp3) is 0.556. The number of benzene rings is 1. The van der Waals surface area contributed by atoms with Crippen LogP contribution in [0.2, 0.25) is 0 Å². The second-order valence-corrected chi connectivity index (χ2v) is 9.85. The highest BCUT2D eigenvalue weighted by Gasteiger charge is 2.34. The van der Waals surface area contributed by atoms with Crippen molar-refractivity contribution in [1.29, 1.82) is 0 Å². The Morgan fingerprint density at radius 1 is 1.12 bits per heavy atom. The van der Waals surface area contributed by atoms with E-state index in [1.54, 1.807) is 18.7 Å². The lowest BCUT2D eigenvalue weighted by Gasteiger charge is -2.25. The lowest BCUT2D eigenvalue weighted by molar-refractivity contribution is -0.130. The van der Waals surface area contributed by atoms with E-state index in [1.807, 2.05) is 24.3 Å². The number of fused-ring (bicyclic) bond motifs is 1. The number of aromatic amines is 1. The van der Waals surface area contributed by atoms with Crippen molar-refractivity contribution < 1.29 is 13.2 Å². The van der Waals surface area contributed by atoms with Crippen molar-refractivity contribution in [2.45, 2.75) is 37.7 Å². The monoisotopic (exact) mass is 378 g/mol. The number of carbonyl (C=O) groups excluding carboxylic acids is 1. The molecule has 1 aliphatic heterocycles. The van der Waals surface area contributed by atoms with Gasteiger partial charge in [-0.2, -0.15) is 0 Å². The number of hydrogen-bond donors (Lipinski definition) is 1. The van der Waals surface area contributed by atoms with E-state index in [0.717, 1.165) is 29.9 Å². The standard InChI is InChI=1S/C18H26N4O3S/c1-13(2)26(24,25)14(3)17(23)21-9-6-10-22(12-11-21)18-19-15-7-4-5-8-16(15)20-18/h4-5,7-8,13-14H,6,9-12H2,1-3H3,(H,19,20). The fourth-order valence-corrected chi connectivity index (χ4v) is 4.49. The van der Waals surface area contributed by atoms with E-state index in [1.165, 1.54) is 6.92 Å². The van der Waals surface area contributed by atoms with Gasteiger partial charge in [-0.1, -0.05) is 12.1 Å². The normalized spacial score (nSPS) is 17.5. The number of para-hydroxylation sites is 2. The van der Waals surface area contributed by atoms with Gasteiger partial charge < -0.3 is 14.8 Å². The summed E-state index contributed by atoms with van der Waals surface area (Å²) in [7, 11) is -3.44. The van der Waals surface area contributed by atoms with Crippen molar-refractivity contribution in [3.63, 3.8) is 0 Å². The van der Waals surface area contributed by atoms with E-state index in [9.17, 15) is 13.2 Å². The minimum absolute atomic E-state index is 0.301. The molecule has 0 aliphatic carbocycles. The van der Waals surface area contributed by atoms with Gasteiger partial charge in [-0.05, 0) is 39.3 Å². The number of anilines is 1. The Bertz CT molecular complexity index is 858. The molecule has 1 saturated heterocycles. The maximum atomic E-state index is 12.7. The zero-order valence-electron chi connectivity index (χ0n) is 15.5. The van der Waals surface area contributed by atoms with Crippen LogP contribution >= 0.6 is 0 Å². The van der Waals surface area contributed by atoms with Crippen LogP contribution in [0, 0.1) is 0 Å². The van der Waals surface area contributed by atoms with Gasteiger partial charge in [-0.25, -0.2) is 13.4 Å². The van der Waals surface area contributed by atoms with Crippen molar-refractivity contribution in [3.05, 3.63) is 24.3 Å². The number of nitrogens with one attached hydrogen (secondary N) is 1. The summed E-state index contributed by atoms with van der Waals surface area (Å²) in [6.07, 6.45) is 0.775. The predicted molar refractivity (Wildman–Crippen MR) is 103 cm³/mol. The van der Waals surface area contributed by atoms with Crippen molar-refractivity contribution >= 4 is 32.7 Å². The lowest BCUT2D eigenvalue weighted by Crippen LogP contribution is -2.45. The lowest BCUT2D eigenvalue weighted by atomic mass is 10.3. The maximum absolute atomic E-state index is 12.7. The molecule has 2 aromatic rings. The van der Waals surface area contributed by atoms with Crippen molar-refractivity contribution in [3.8, 4) is 0 Å². The van der Waals surface area contributed by atoms with Crippen LogP contribution in [0.3, 0.4) is 0 Å². The van der Waals surface area contributed by atoms with Crippen molar-refractivity contribution in [2.75, 3.05) is 31.1 Å². The highest BCUT2D eigenvalue weighted by atomic mass is 32.2. The topological polar surface area (TPSA) is 86.4 Å². The van der Waals surface area contributed by atoms with E-state index < -0.39 is 20.3 Å². The molecule has 142 valence electrons. The molecule has 1 aromatic carbocycles. The van der Waals surface area contributed by atoms with E-state index in [0.29, 0.717) is 19.6 Å². The molecule has 0 saturated carbocycles. The summed E-state index contributed by atoms with van der Waals surface area (Å²) in [4.78, 5) is 24.4. The van der Waals surface area contributed by atoms with Crippen LogP contribution in [0.15, 0.2) is 24.3 Å². The van der Waals surface area contributed by atoms with E-state index in [-0.39, 0.29) is 5.91 Å². The summed E-state index contributed by atoms with van der Waals surface area (Å²) < 4.78 is 24.6. The van der Waals surface area contributed by atoms with Crippen LogP contribution in [0.1, 0.15) is 27.2 Å². The molecule has 0 bridgehead atoms. The third-order valence-electron chi connectivity index (χ3n) is 4.98. The average molecular weight is 378 g/mol. The number of nitrogens with zero attached hydrogens (tertiary/aromatic N) is 3. The van der Waals surface area contributed by atoms with E-state index >= 15 is 0 Å². The molecule has 3 rings (SSSR count). The fourth-order valence-electron chi connectivity index (χ4n) is 3.24. The Balaban J connectivity index is 1.71. The summed E-state index contributed by atoms with van der Waals surface area (Å²) in [6, 6.07) is 7.86. The number of H-pyrrole nitrogens is 1. The molecule has 1 N–H and O–H groups in total. The molecule has 8 heteroatoms. The molecular weight excluding hydrogens is 352 g/mol. The smallest absolute Gasteiger partial charge is 0.240 e. The highest BCUT2D eigenvalue weighted by molar-refractivity contribution is 7.93. The number of amides is 1. The van der Waals surface area contributed by atoms with Gasteiger partial charge in [-0.3, -0.25) is 4.79 Å². The molecule has 1 fully saturated rings. The molecule has 0 radical (unpaired) electrons. The summed E-state index contributed by atoms with van der Waals surface area (Å²) in [5.74, 6) is 0.494. The number of rotatable bonds is 4. The first-order chi connectivity index (χ1) is 12.3. The van der Waals surface area contributed by atoms with Crippen LogP contribution in [-0.4, -0.2) is 65.9 Å². The minimum Gasteiger partial charge on any atom is -0.341 e. The van der Waals surface area contributed by atoms with Crippen molar-refractivity contribution in [2.24, 2.45) is 0 Å². The molecule has 26 heavy (non-hydrogen) atoms. The zero-order valence-corrected chi connectivity index (χ0v) is 16.3. The molecule has 2 heterocycles. The van der Waals surface area contributed by atoms with E-state index in [4.69, 9.17) is 0 Å². The Kier molecular flexibility index (Phi) is 5.22. The molecule has 1 atom stereocenters. The van der Waals surface area contributed by atoms with Gasteiger partial charge >= 0.3 is 0 Å². The summed E-state index contributed by atoms with van der Waals surface area (Å²) >= 11 is 0. The summed E-state index contributed by atoms with van der Waals surface area (Å²) in [6.45, 7) is 7.19. The second kappa shape index (κ2) is 7.26. The van der Waals surface area contributed by atoms with Gasteiger partial charge in [0.05, 0.1) is 16.3 Å². The predicted octanol–water partition coefficient (Wildman–Crippen LogP) is 1.81. The molecule has 1 aromatic heterocycles. The van der Waals surface area contributed by atoms with Crippen LogP contribution in [0.5, 0.6) is 0 Å². The first kappa shape index (κ1) is 18.7. The van der Waals surface area contributed by atoms with Gasteiger partial charge in [0.15, 0.2) is 9.84 Å². The Hall–Kier alpha value is -2.09. The van der Waals surface area contributed by atoms with Crippen LogP contribution in [0.4, 0.5) is 5.95 Å². The molecule has 7 nitrogen and oxygen atoms in total. The van der Waals surface area contributed by atoms with Gasteiger partial charge in [0, 0.05) is 26.2 Å². The number of hydrogen-bond acceptors (Lipinski definition) is 5. The average Bonchev–Trinajstić information content (AvgIpc) is 2.89. The second-order valence-electron chi connectivity index (χ2n) is 7.02. The quantitative estimate of drug-likeness (QED) is 0.877. The molecule has 0 spiro atoms. The first-order valence-electron chi connectivity index (χ1n) is 9.02. The number of aromatic nitrogens is 2. The number of sulfone groups is 1. The van der Waals surface area contributed by atoms with E-state index in [2.05, 4.69) is 14.9 Å². The number of imidazole rings is 1. The zero-order chi connectivity index (χ0) is 18.9. The van der Waals surface area contributed by atoms with Crippen LogP contribution in [-0.2, 0) is 14.6 Å². The number of carbonyl (C=O) groups is 1. The largest absolute Gasteiger partial charge is 0.341 e. The van der Waals surface area contributed by atoms with Gasteiger partial charge in [0.25, 0.3) is 0 Å². The third-order valence-corrected chi connectivity index (χ3v) is 7.48. The maximum Gasteiger partial charge on any atom is 0.240 e. The molecular formula is C18H26N4O3S. The van der Waals surface area contributed by atoms with Gasteiger partial charge in [0.2, 0.25) is 11.9 Å². The van der Waals surface area contributed by atoms with Crippen LogP contribution < -0.4 is 4.90 Å². The third kappa shape index (κ3) is 3.56. The first-order valence-corrected chi connectivity index (χ1v) is 10.6. The Morgan fingerprint density at radius 3 is 2.54 bits per heavy atom. The SMILES string of the molecule is CC(C)S(=O)(=O)C(C)C(=O)N1CCCN(c2nc3ccccc3[nH]2)CC1.